The number of likely N-dealkylation sites (tertiary alicyclic amines) is 1. The first kappa shape index (κ1) is 16.3. The Kier molecular flexibility index (Phi) is 5.78. The van der Waals surface area contributed by atoms with Crippen LogP contribution in [0.15, 0.2) is 0 Å². The molecule has 0 radical (unpaired) electrons. The van der Waals surface area contributed by atoms with Crippen LogP contribution in [0.25, 0.3) is 0 Å². The number of carbonyl (C=O) groups excluding carboxylic acids is 3. The molecule has 9 heteroatoms. The molecule has 1 heterocycles. The molecular weight excluding hydrogens is 279 g/mol. The lowest BCUT2D eigenvalue weighted by molar-refractivity contribution is -0.186. The van der Waals surface area contributed by atoms with Gasteiger partial charge in [-0.25, -0.2) is 0 Å². The Morgan fingerprint density at radius 1 is 1.30 bits per heavy atom. The van der Waals surface area contributed by atoms with E-state index in [1.165, 1.54) is 0 Å². The number of hydrogen-bond acceptors (Lipinski definition) is 3. The predicted molar refractivity (Wildman–Crippen MR) is 62.5 cm³/mol. The van der Waals surface area contributed by atoms with Gasteiger partial charge in [0.1, 0.15) is 6.04 Å². The number of carbonyl (C=O) groups is 3. The van der Waals surface area contributed by atoms with Gasteiger partial charge < -0.3 is 15.5 Å². The van der Waals surface area contributed by atoms with Crippen molar-refractivity contribution in [1.82, 2.24) is 15.5 Å². The maximum absolute atomic E-state index is 12.4. The van der Waals surface area contributed by atoms with Gasteiger partial charge in [-0.3, -0.25) is 14.4 Å². The number of rotatable bonds is 6. The number of hydrogen-bond donors (Lipinski definition) is 2. The van der Waals surface area contributed by atoms with Crippen molar-refractivity contribution in [3.8, 4) is 0 Å². The van der Waals surface area contributed by atoms with Gasteiger partial charge in [-0.15, -0.1) is 0 Å². The zero-order valence-corrected chi connectivity index (χ0v) is 10.7. The normalized spacial score (nSPS) is 18.8. The molecule has 0 aromatic rings. The van der Waals surface area contributed by atoms with E-state index in [1.807, 2.05) is 0 Å². The summed E-state index contributed by atoms with van der Waals surface area (Å²) in [6, 6.07) is -1.07. The quantitative estimate of drug-likeness (QED) is 0.526. The van der Waals surface area contributed by atoms with Crippen LogP contribution in [0.3, 0.4) is 0 Å². The third-order valence-corrected chi connectivity index (χ3v) is 2.94. The van der Waals surface area contributed by atoms with Crippen LogP contribution < -0.4 is 10.6 Å². The third kappa shape index (κ3) is 4.39. The molecule has 3 amide bonds. The van der Waals surface area contributed by atoms with Crippen molar-refractivity contribution in [3.05, 3.63) is 0 Å². The summed E-state index contributed by atoms with van der Waals surface area (Å²) in [5, 5.41) is 4.86. The average Bonchev–Trinajstić information content (AvgIpc) is 2.85. The van der Waals surface area contributed by atoms with E-state index >= 15 is 0 Å². The zero-order chi connectivity index (χ0) is 15.2. The molecule has 20 heavy (non-hydrogen) atoms. The molecule has 0 spiro atoms. The highest BCUT2D eigenvalue weighted by Crippen LogP contribution is 2.25. The minimum Gasteiger partial charge on any atom is -0.359 e. The lowest BCUT2D eigenvalue weighted by atomic mass is 10.2. The SMILES string of the molecule is O=CNCCCNC(=O)C1CCCN1C(=O)C(F)(F)F. The van der Waals surface area contributed by atoms with Crippen molar-refractivity contribution in [1.29, 1.82) is 0 Å². The Bertz CT molecular complexity index is 374. The molecular formula is C11H16F3N3O3. The largest absolute Gasteiger partial charge is 0.471 e. The van der Waals surface area contributed by atoms with Crippen LogP contribution in [-0.4, -0.2) is 55.0 Å². The molecule has 1 fully saturated rings. The Labute approximate surface area is 113 Å². The maximum Gasteiger partial charge on any atom is 0.471 e. The summed E-state index contributed by atoms with van der Waals surface area (Å²) >= 11 is 0. The van der Waals surface area contributed by atoms with Crippen LogP contribution in [-0.2, 0) is 14.4 Å². The minimum atomic E-state index is -4.96. The fourth-order valence-electron chi connectivity index (χ4n) is 2.02. The molecule has 1 atom stereocenters. The van der Waals surface area contributed by atoms with Gasteiger partial charge in [-0.1, -0.05) is 0 Å². The first-order chi connectivity index (χ1) is 9.38. The van der Waals surface area contributed by atoms with Crippen molar-refractivity contribution in [3.63, 3.8) is 0 Å². The second-order valence-corrected chi connectivity index (χ2v) is 4.37. The number of nitrogens with zero attached hydrogens (tertiary/aromatic N) is 1. The smallest absolute Gasteiger partial charge is 0.359 e. The molecule has 6 nitrogen and oxygen atoms in total. The molecule has 0 bridgehead atoms. The van der Waals surface area contributed by atoms with E-state index in [2.05, 4.69) is 10.6 Å². The summed E-state index contributed by atoms with van der Waals surface area (Å²) in [6.45, 7) is 0.521. The maximum atomic E-state index is 12.4. The topological polar surface area (TPSA) is 78.5 Å². The van der Waals surface area contributed by atoms with Gasteiger partial charge in [0.25, 0.3) is 0 Å². The van der Waals surface area contributed by atoms with E-state index in [0.29, 0.717) is 30.7 Å². The molecule has 114 valence electrons. The van der Waals surface area contributed by atoms with Crippen LogP contribution in [0, 0.1) is 0 Å². The van der Waals surface area contributed by atoms with Gasteiger partial charge in [0, 0.05) is 19.6 Å². The van der Waals surface area contributed by atoms with Crippen molar-refractivity contribution >= 4 is 18.2 Å². The van der Waals surface area contributed by atoms with E-state index < -0.39 is 24.0 Å². The monoisotopic (exact) mass is 295 g/mol. The first-order valence-electron chi connectivity index (χ1n) is 6.20. The van der Waals surface area contributed by atoms with Gasteiger partial charge in [0.15, 0.2) is 0 Å². The van der Waals surface area contributed by atoms with Gasteiger partial charge in [0.05, 0.1) is 0 Å². The minimum absolute atomic E-state index is 0.0663. The van der Waals surface area contributed by atoms with Crippen molar-refractivity contribution in [2.24, 2.45) is 0 Å². The highest BCUT2D eigenvalue weighted by Gasteiger charge is 2.47. The summed E-state index contributed by atoms with van der Waals surface area (Å²) in [5.41, 5.74) is 0. The van der Waals surface area contributed by atoms with Crippen molar-refractivity contribution < 1.29 is 27.6 Å². The predicted octanol–water partition coefficient (Wildman–Crippen LogP) is -0.208. The molecule has 1 rings (SSSR count). The Morgan fingerprint density at radius 2 is 2.00 bits per heavy atom. The van der Waals surface area contributed by atoms with E-state index in [1.54, 1.807) is 0 Å². The van der Waals surface area contributed by atoms with Crippen molar-refractivity contribution in [2.75, 3.05) is 19.6 Å². The summed E-state index contributed by atoms with van der Waals surface area (Å²) in [4.78, 5) is 33.5. The Balaban J connectivity index is 2.46. The van der Waals surface area contributed by atoms with Gasteiger partial charge in [-0.05, 0) is 19.3 Å². The highest BCUT2D eigenvalue weighted by molar-refractivity contribution is 5.90. The molecule has 1 unspecified atom stereocenters. The van der Waals surface area contributed by atoms with E-state index in [0.717, 1.165) is 0 Å². The molecule has 0 aliphatic carbocycles. The molecule has 1 saturated heterocycles. The van der Waals surface area contributed by atoms with Gasteiger partial charge in [0.2, 0.25) is 12.3 Å². The van der Waals surface area contributed by atoms with Crippen LogP contribution in [0.4, 0.5) is 13.2 Å². The van der Waals surface area contributed by atoms with Crippen LogP contribution in [0.2, 0.25) is 0 Å². The lowest BCUT2D eigenvalue weighted by Crippen LogP contribution is -2.50. The number of amides is 3. The summed E-state index contributed by atoms with van der Waals surface area (Å²) in [6.07, 6.45) is -3.39. The van der Waals surface area contributed by atoms with Crippen LogP contribution in [0.1, 0.15) is 19.3 Å². The van der Waals surface area contributed by atoms with Gasteiger partial charge >= 0.3 is 12.1 Å². The lowest BCUT2D eigenvalue weighted by Gasteiger charge is -2.24. The molecule has 1 aliphatic heterocycles. The number of nitrogens with one attached hydrogen (secondary N) is 2. The van der Waals surface area contributed by atoms with E-state index in [4.69, 9.17) is 0 Å². The highest BCUT2D eigenvalue weighted by atomic mass is 19.4. The van der Waals surface area contributed by atoms with Crippen molar-refractivity contribution in [2.45, 2.75) is 31.5 Å². The summed E-state index contributed by atoms with van der Waals surface area (Å²) < 4.78 is 37.1. The molecule has 0 saturated carbocycles. The van der Waals surface area contributed by atoms with E-state index in [-0.39, 0.29) is 19.5 Å². The average molecular weight is 295 g/mol. The second-order valence-electron chi connectivity index (χ2n) is 4.37. The van der Waals surface area contributed by atoms with Gasteiger partial charge in [-0.2, -0.15) is 13.2 Å². The Morgan fingerprint density at radius 3 is 2.60 bits per heavy atom. The summed E-state index contributed by atoms with van der Waals surface area (Å²) in [7, 11) is 0. The second kappa shape index (κ2) is 7.11. The standard InChI is InChI=1S/C11H16F3N3O3/c12-11(13,14)10(20)17-6-1-3-8(17)9(19)16-5-2-4-15-7-18/h7-8H,1-6H2,(H,15,18)(H,16,19). The third-order valence-electron chi connectivity index (χ3n) is 2.94. The summed E-state index contributed by atoms with van der Waals surface area (Å²) in [5.74, 6) is -2.57. The first-order valence-corrected chi connectivity index (χ1v) is 6.20. The molecule has 2 N–H and O–H groups in total. The molecule has 1 aliphatic rings. The zero-order valence-electron chi connectivity index (χ0n) is 10.7. The fourth-order valence-corrected chi connectivity index (χ4v) is 2.02. The fraction of sp³-hybridized carbons (Fsp3) is 0.727. The molecule has 0 aromatic heterocycles. The van der Waals surface area contributed by atoms with E-state index in [9.17, 15) is 27.6 Å². The molecule has 0 aromatic carbocycles. The Hall–Kier alpha value is -1.80. The van der Waals surface area contributed by atoms with Crippen LogP contribution >= 0.6 is 0 Å². The number of alkyl halides is 3. The van der Waals surface area contributed by atoms with Crippen LogP contribution in [0.5, 0.6) is 0 Å². The number of halogens is 3.